The van der Waals surface area contributed by atoms with Gasteiger partial charge in [-0.15, -0.1) is 0 Å². The Balaban J connectivity index is 2.03. The third kappa shape index (κ3) is 2.18. The second-order valence-corrected chi connectivity index (χ2v) is 4.04. The van der Waals surface area contributed by atoms with Crippen molar-refractivity contribution in [1.29, 1.82) is 0 Å². The number of nitrogens with two attached hydrogens (primary N) is 1. The molecule has 3 aromatic rings. The molecule has 0 aliphatic rings. The second kappa shape index (κ2) is 4.54. The smallest absolute Gasteiger partial charge is 0.242 e. The van der Waals surface area contributed by atoms with Gasteiger partial charge in [0, 0.05) is 0 Å². The highest BCUT2D eigenvalue weighted by Gasteiger charge is 2.11. The van der Waals surface area contributed by atoms with Gasteiger partial charge in [-0.05, 0) is 19.1 Å². The van der Waals surface area contributed by atoms with Crippen molar-refractivity contribution in [3.05, 3.63) is 36.0 Å². The summed E-state index contributed by atoms with van der Waals surface area (Å²) in [6, 6.07) is 7.67. The molecule has 0 unspecified atom stereocenters. The van der Waals surface area contributed by atoms with Gasteiger partial charge in [0.2, 0.25) is 11.8 Å². The van der Waals surface area contributed by atoms with Crippen molar-refractivity contribution < 1.29 is 4.74 Å². The molecule has 1 aromatic carbocycles. The number of anilines is 1. The predicted molar refractivity (Wildman–Crippen MR) is 70.7 cm³/mol. The highest BCUT2D eigenvalue weighted by molar-refractivity contribution is 5.80. The van der Waals surface area contributed by atoms with Crippen LogP contribution in [-0.2, 0) is 0 Å². The Kier molecular flexibility index (Phi) is 2.73. The first-order valence-corrected chi connectivity index (χ1v) is 5.68. The SMILES string of the molecule is Cc1ccc(Oc2nc(NN)nc3[nH]ncc23)cc1. The summed E-state index contributed by atoms with van der Waals surface area (Å²) in [5, 5.41) is 7.36. The van der Waals surface area contributed by atoms with E-state index in [2.05, 4.69) is 25.6 Å². The molecular formula is C12H12N6O. The van der Waals surface area contributed by atoms with E-state index in [0.29, 0.717) is 22.7 Å². The molecule has 0 atom stereocenters. The number of hydrazine groups is 1. The molecule has 0 saturated heterocycles. The van der Waals surface area contributed by atoms with Gasteiger partial charge in [0.1, 0.15) is 11.1 Å². The lowest BCUT2D eigenvalue weighted by molar-refractivity contribution is 0.469. The number of aryl methyl sites for hydroxylation is 1. The molecule has 0 spiro atoms. The fraction of sp³-hybridized carbons (Fsp3) is 0.0833. The Morgan fingerprint density at radius 3 is 2.74 bits per heavy atom. The maximum Gasteiger partial charge on any atom is 0.242 e. The van der Waals surface area contributed by atoms with Gasteiger partial charge in [-0.3, -0.25) is 10.5 Å². The highest BCUT2D eigenvalue weighted by atomic mass is 16.5. The molecule has 0 bridgehead atoms. The highest BCUT2D eigenvalue weighted by Crippen LogP contribution is 2.27. The Labute approximate surface area is 108 Å². The number of fused-ring (bicyclic) bond motifs is 1. The van der Waals surface area contributed by atoms with Crippen molar-refractivity contribution in [1.82, 2.24) is 20.2 Å². The van der Waals surface area contributed by atoms with Crippen molar-refractivity contribution in [2.45, 2.75) is 6.92 Å². The zero-order valence-electron chi connectivity index (χ0n) is 10.2. The number of nitrogens with zero attached hydrogens (tertiary/aromatic N) is 3. The molecule has 0 fully saturated rings. The molecular weight excluding hydrogens is 244 g/mol. The van der Waals surface area contributed by atoms with E-state index in [1.807, 2.05) is 31.2 Å². The van der Waals surface area contributed by atoms with Crippen LogP contribution in [0.25, 0.3) is 11.0 Å². The normalized spacial score (nSPS) is 10.6. The molecule has 96 valence electrons. The lowest BCUT2D eigenvalue weighted by Gasteiger charge is -2.07. The fourth-order valence-corrected chi connectivity index (χ4v) is 1.67. The number of rotatable bonds is 3. The van der Waals surface area contributed by atoms with E-state index in [9.17, 15) is 0 Å². The molecule has 7 nitrogen and oxygen atoms in total. The number of hydrogen-bond donors (Lipinski definition) is 3. The van der Waals surface area contributed by atoms with E-state index in [4.69, 9.17) is 10.6 Å². The summed E-state index contributed by atoms with van der Waals surface area (Å²) in [6.45, 7) is 2.01. The van der Waals surface area contributed by atoms with Crippen molar-refractivity contribution in [2.24, 2.45) is 5.84 Å². The van der Waals surface area contributed by atoms with Crippen LogP contribution in [0, 0.1) is 6.92 Å². The fourth-order valence-electron chi connectivity index (χ4n) is 1.67. The molecule has 4 N–H and O–H groups in total. The van der Waals surface area contributed by atoms with Crippen LogP contribution in [0.15, 0.2) is 30.5 Å². The zero-order valence-corrected chi connectivity index (χ0v) is 10.2. The van der Waals surface area contributed by atoms with Crippen LogP contribution in [-0.4, -0.2) is 20.2 Å². The minimum Gasteiger partial charge on any atom is -0.438 e. The number of nitrogens with one attached hydrogen (secondary N) is 2. The molecule has 19 heavy (non-hydrogen) atoms. The molecule has 2 aromatic heterocycles. The largest absolute Gasteiger partial charge is 0.438 e. The van der Waals surface area contributed by atoms with Gasteiger partial charge < -0.3 is 4.74 Å². The third-order valence-corrected chi connectivity index (χ3v) is 2.64. The van der Waals surface area contributed by atoms with Gasteiger partial charge in [0.15, 0.2) is 5.65 Å². The van der Waals surface area contributed by atoms with E-state index in [1.54, 1.807) is 6.20 Å². The first kappa shape index (κ1) is 11.4. The maximum atomic E-state index is 5.74. The molecule has 0 aliphatic heterocycles. The van der Waals surface area contributed by atoms with E-state index >= 15 is 0 Å². The molecule has 0 aliphatic carbocycles. The summed E-state index contributed by atoms with van der Waals surface area (Å²) < 4.78 is 5.74. The van der Waals surface area contributed by atoms with Crippen molar-refractivity contribution in [3.63, 3.8) is 0 Å². The molecule has 2 heterocycles. The van der Waals surface area contributed by atoms with Crippen LogP contribution < -0.4 is 16.0 Å². The molecule has 0 saturated carbocycles. The van der Waals surface area contributed by atoms with E-state index < -0.39 is 0 Å². The first-order valence-electron chi connectivity index (χ1n) is 5.68. The number of aromatic nitrogens is 4. The summed E-state index contributed by atoms with van der Waals surface area (Å²) in [5.41, 5.74) is 4.11. The summed E-state index contributed by atoms with van der Waals surface area (Å²) in [6.07, 6.45) is 1.61. The lowest BCUT2D eigenvalue weighted by atomic mass is 10.2. The lowest BCUT2D eigenvalue weighted by Crippen LogP contribution is -2.10. The second-order valence-electron chi connectivity index (χ2n) is 4.04. The number of H-pyrrole nitrogens is 1. The van der Waals surface area contributed by atoms with Gasteiger partial charge in [-0.25, -0.2) is 5.84 Å². The van der Waals surface area contributed by atoms with Crippen molar-refractivity contribution in [2.75, 3.05) is 5.43 Å². The number of aromatic amines is 1. The van der Waals surface area contributed by atoms with Crippen LogP contribution in [0.4, 0.5) is 5.95 Å². The molecule has 0 radical (unpaired) electrons. The standard InChI is InChI=1S/C12H12N6O/c1-7-2-4-8(5-3-7)19-11-9-6-14-18-10(9)15-12(16-11)17-13/h2-6H,13H2,1H3,(H2,14,15,16,17,18). The Morgan fingerprint density at radius 1 is 1.21 bits per heavy atom. The topological polar surface area (TPSA) is 102 Å². The summed E-state index contributed by atoms with van der Waals surface area (Å²) in [7, 11) is 0. The molecule has 7 heteroatoms. The monoisotopic (exact) mass is 256 g/mol. The zero-order chi connectivity index (χ0) is 13.2. The number of hydrogen-bond acceptors (Lipinski definition) is 6. The van der Waals surface area contributed by atoms with E-state index in [-0.39, 0.29) is 5.95 Å². The summed E-state index contributed by atoms with van der Waals surface area (Å²) in [4.78, 5) is 8.30. The van der Waals surface area contributed by atoms with Crippen molar-refractivity contribution >= 4 is 17.0 Å². The van der Waals surface area contributed by atoms with Gasteiger partial charge in [-0.2, -0.15) is 15.1 Å². The Morgan fingerprint density at radius 2 is 2.00 bits per heavy atom. The summed E-state index contributed by atoms with van der Waals surface area (Å²) in [5.74, 6) is 6.68. The average Bonchev–Trinajstić information content (AvgIpc) is 2.89. The van der Waals surface area contributed by atoms with Crippen LogP contribution in [0.2, 0.25) is 0 Å². The number of ether oxygens (including phenoxy) is 1. The summed E-state index contributed by atoms with van der Waals surface area (Å²) >= 11 is 0. The van der Waals surface area contributed by atoms with Gasteiger partial charge in [-0.1, -0.05) is 17.7 Å². The predicted octanol–water partition coefficient (Wildman–Crippen LogP) is 1.74. The maximum absolute atomic E-state index is 5.74. The first-order chi connectivity index (χ1) is 9.26. The average molecular weight is 256 g/mol. The minimum atomic E-state index is 0.263. The van der Waals surface area contributed by atoms with Gasteiger partial charge in [0.05, 0.1) is 6.20 Å². The van der Waals surface area contributed by atoms with Gasteiger partial charge in [0.25, 0.3) is 0 Å². The quantitative estimate of drug-likeness (QED) is 0.487. The molecule has 3 rings (SSSR count). The Hall–Kier alpha value is -2.67. The number of nitrogen functional groups attached to an aromatic ring is 1. The minimum absolute atomic E-state index is 0.263. The van der Waals surface area contributed by atoms with Crippen LogP contribution in [0.5, 0.6) is 11.6 Å². The van der Waals surface area contributed by atoms with Crippen molar-refractivity contribution in [3.8, 4) is 11.6 Å². The third-order valence-electron chi connectivity index (χ3n) is 2.64. The molecule has 0 amide bonds. The van der Waals surface area contributed by atoms with Gasteiger partial charge >= 0.3 is 0 Å². The Bertz CT molecular complexity index is 706. The van der Waals surface area contributed by atoms with Crippen LogP contribution in [0.1, 0.15) is 5.56 Å². The van der Waals surface area contributed by atoms with E-state index in [1.165, 1.54) is 0 Å². The van der Waals surface area contributed by atoms with E-state index in [0.717, 1.165) is 5.56 Å². The van der Waals surface area contributed by atoms with Crippen LogP contribution in [0.3, 0.4) is 0 Å². The number of benzene rings is 1. The van der Waals surface area contributed by atoms with Crippen LogP contribution >= 0.6 is 0 Å².